The summed E-state index contributed by atoms with van der Waals surface area (Å²) in [6, 6.07) is 5.73. The minimum atomic E-state index is -0.164. The molecule has 106 valence electrons. The van der Waals surface area contributed by atoms with Crippen molar-refractivity contribution >= 4 is 5.69 Å². The summed E-state index contributed by atoms with van der Waals surface area (Å²) in [4.78, 5) is 4.73. The predicted octanol–water partition coefficient (Wildman–Crippen LogP) is 2.25. The Kier molecular flexibility index (Phi) is 4.42. The van der Waals surface area contributed by atoms with E-state index in [9.17, 15) is 4.39 Å². The van der Waals surface area contributed by atoms with Gasteiger partial charge in [0.2, 0.25) is 0 Å². The molecule has 0 amide bonds. The fraction of sp³-hybridized carbons (Fsp3) is 0.600. The number of hydrogen-bond acceptors (Lipinski definition) is 3. The first-order valence-corrected chi connectivity index (χ1v) is 6.95. The van der Waals surface area contributed by atoms with Crippen molar-refractivity contribution < 1.29 is 4.39 Å². The molecule has 0 bridgehead atoms. The zero-order valence-corrected chi connectivity index (χ0v) is 12.3. The molecule has 1 N–H and O–H groups in total. The standard InChI is InChI=1S/C15H24FN3/c1-11-10-18(4)7-8-19(11)15-6-5-13(16)9-14(15)12(2)17-3/h5-6,9,11-12,17H,7-8,10H2,1-4H3. The highest BCUT2D eigenvalue weighted by Crippen LogP contribution is 2.29. The van der Waals surface area contributed by atoms with Crippen LogP contribution in [0.3, 0.4) is 0 Å². The van der Waals surface area contributed by atoms with Crippen molar-refractivity contribution in [2.45, 2.75) is 25.9 Å². The van der Waals surface area contributed by atoms with Gasteiger partial charge in [-0.05, 0) is 51.7 Å². The van der Waals surface area contributed by atoms with E-state index >= 15 is 0 Å². The van der Waals surface area contributed by atoms with Crippen molar-refractivity contribution in [3.63, 3.8) is 0 Å². The summed E-state index contributed by atoms with van der Waals surface area (Å²) in [5.74, 6) is -0.164. The SMILES string of the molecule is CNC(C)c1cc(F)ccc1N1CCN(C)CC1C. The number of anilines is 1. The maximum absolute atomic E-state index is 13.5. The van der Waals surface area contributed by atoms with E-state index in [1.165, 1.54) is 0 Å². The van der Waals surface area contributed by atoms with Crippen LogP contribution < -0.4 is 10.2 Å². The number of nitrogens with zero attached hydrogens (tertiary/aromatic N) is 2. The van der Waals surface area contributed by atoms with Gasteiger partial charge in [-0.15, -0.1) is 0 Å². The normalized spacial score (nSPS) is 22.6. The van der Waals surface area contributed by atoms with Crippen LogP contribution in [0.25, 0.3) is 0 Å². The molecule has 1 aliphatic rings. The number of hydrogen-bond donors (Lipinski definition) is 1. The van der Waals surface area contributed by atoms with Crippen molar-refractivity contribution in [1.29, 1.82) is 0 Å². The van der Waals surface area contributed by atoms with Gasteiger partial charge in [0.05, 0.1) is 0 Å². The Balaban J connectivity index is 2.33. The van der Waals surface area contributed by atoms with Gasteiger partial charge in [-0.3, -0.25) is 0 Å². The number of nitrogens with one attached hydrogen (secondary N) is 1. The van der Waals surface area contributed by atoms with Gasteiger partial charge in [0, 0.05) is 37.4 Å². The average Bonchev–Trinajstić information content (AvgIpc) is 2.38. The van der Waals surface area contributed by atoms with Crippen LogP contribution in [-0.4, -0.2) is 44.7 Å². The molecule has 0 aliphatic carbocycles. The van der Waals surface area contributed by atoms with Crippen molar-refractivity contribution in [1.82, 2.24) is 10.2 Å². The van der Waals surface area contributed by atoms with Gasteiger partial charge >= 0.3 is 0 Å². The lowest BCUT2D eigenvalue weighted by atomic mass is 10.0. The lowest BCUT2D eigenvalue weighted by molar-refractivity contribution is 0.275. The van der Waals surface area contributed by atoms with Crippen LogP contribution in [0.4, 0.5) is 10.1 Å². The van der Waals surface area contributed by atoms with Crippen LogP contribution >= 0.6 is 0 Å². The third-order valence-electron chi connectivity index (χ3n) is 4.03. The molecule has 2 rings (SSSR count). The number of rotatable bonds is 3. The van der Waals surface area contributed by atoms with E-state index in [2.05, 4.69) is 36.0 Å². The predicted molar refractivity (Wildman–Crippen MR) is 78.2 cm³/mol. The number of benzene rings is 1. The number of likely N-dealkylation sites (N-methyl/N-ethyl adjacent to an activating group) is 1. The molecule has 2 atom stereocenters. The Hall–Kier alpha value is -1.13. The second-order valence-corrected chi connectivity index (χ2v) is 5.52. The average molecular weight is 265 g/mol. The summed E-state index contributed by atoms with van der Waals surface area (Å²) in [6.45, 7) is 7.39. The second-order valence-electron chi connectivity index (χ2n) is 5.52. The summed E-state index contributed by atoms with van der Waals surface area (Å²) < 4.78 is 13.5. The highest BCUT2D eigenvalue weighted by Gasteiger charge is 2.24. The number of halogens is 1. The van der Waals surface area contributed by atoms with Crippen molar-refractivity contribution in [2.24, 2.45) is 0 Å². The maximum atomic E-state index is 13.5. The Morgan fingerprint density at radius 3 is 2.74 bits per heavy atom. The van der Waals surface area contributed by atoms with Crippen LogP contribution in [0.15, 0.2) is 18.2 Å². The smallest absolute Gasteiger partial charge is 0.123 e. The molecule has 19 heavy (non-hydrogen) atoms. The van der Waals surface area contributed by atoms with Gasteiger partial charge < -0.3 is 15.1 Å². The molecule has 0 saturated carbocycles. The van der Waals surface area contributed by atoms with Gasteiger partial charge in [0.1, 0.15) is 5.82 Å². The van der Waals surface area contributed by atoms with Gasteiger partial charge in [-0.1, -0.05) is 0 Å². The second kappa shape index (κ2) is 5.88. The molecule has 1 saturated heterocycles. The van der Waals surface area contributed by atoms with Gasteiger partial charge in [0.15, 0.2) is 0 Å². The zero-order chi connectivity index (χ0) is 14.0. The summed E-state index contributed by atoms with van der Waals surface area (Å²) in [5, 5.41) is 3.21. The molecule has 1 fully saturated rings. The van der Waals surface area contributed by atoms with Crippen molar-refractivity contribution in [2.75, 3.05) is 38.6 Å². The fourth-order valence-electron chi connectivity index (χ4n) is 2.79. The fourth-order valence-corrected chi connectivity index (χ4v) is 2.79. The minimum absolute atomic E-state index is 0.151. The third kappa shape index (κ3) is 3.07. The third-order valence-corrected chi connectivity index (χ3v) is 4.03. The van der Waals surface area contributed by atoms with Crippen LogP contribution in [-0.2, 0) is 0 Å². The molecule has 4 heteroatoms. The number of piperazine rings is 1. The van der Waals surface area contributed by atoms with Crippen molar-refractivity contribution in [3.05, 3.63) is 29.6 Å². The van der Waals surface area contributed by atoms with Gasteiger partial charge in [-0.2, -0.15) is 0 Å². The monoisotopic (exact) mass is 265 g/mol. The summed E-state index contributed by atoms with van der Waals surface area (Å²) >= 11 is 0. The van der Waals surface area contributed by atoms with E-state index in [0.29, 0.717) is 6.04 Å². The summed E-state index contributed by atoms with van der Waals surface area (Å²) in [5.41, 5.74) is 2.20. The highest BCUT2D eigenvalue weighted by molar-refractivity contribution is 5.56. The molecule has 1 aromatic carbocycles. The first kappa shape index (κ1) is 14.3. The Morgan fingerprint density at radius 2 is 2.11 bits per heavy atom. The summed E-state index contributed by atoms with van der Waals surface area (Å²) in [6.07, 6.45) is 0. The van der Waals surface area contributed by atoms with E-state index in [1.807, 2.05) is 13.1 Å². The Morgan fingerprint density at radius 1 is 1.37 bits per heavy atom. The topological polar surface area (TPSA) is 18.5 Å². The quantitative estimate of drug-likeness (QED) is 0.904. The molecule has 3 nitrogen and oxygen atoms in total. The van der Waals surface area contributed by atoms with E-state index in [0.717, 1.165) is 30.9 Å². The minimum Gasteiger partial charge on any atom is -0.366 e. The Bertz CT molecular complexity index is 435. The van der Waals surface area contributed by atoms with E-state index < -0.39 is 0 Å². The van der Waals surface area contributed by atoms with Crippen LogP contribution in [0.2, 0.25) is 0 Å². The van der Waals surface area contributed by atoms with Gasteiger partial charge in [-0.25, -0.2) is 4.39 Å². The molecular formula is C15H24FN3. The highest BCUT2D eigenvalue weighted by atomic mass is 19.1. The zero-order valence-electron chi connectivity index (χ0n) is 12.3. The van der Waals surface area contributed by atoms with Crippen molar-refractivity contribution in [3.8, 4) is 0 Å². The van der Waals surface area contributed by atoms with Gasteiger partial charge in [0.25, 0.3) is 0 Å². The molecule has 1 heterocycles. The largest absolute Gasteiger partial charge is 0.366 e. The van der Waals surface area contributed by atoms with Crippen LogP contribution in [0.1, 0.15) is 25.5 Å². The van der Waals surface area contributed by atoms with Crippen LogP contribution in [0.5, 0.6) is 0 Å². The first-order chi connectivity index (χ1) is 9.02. The molecule has 1 aromatic rings. The van der Waals surface area contributed by atoms with Crippen LogP contribution in [0, 0.1) is 5.82 Å². The molecular weight excluding hydrogens is 241 g/mol. The molecule has 1 aliphatic heterocycles. The molecule has 0 radical (unpaired) electrons. The summed E-state index contributed by atoms with van der Waals surface area (Å²) in [7, 11) is 4.06. The first-order valence-electron chi connectivity index (χ1n) is 6.95. The van der Waals surface area contributed by atoms with E-state index in [-0.39, 0.29) is 11.9 Å². The lowest BCUT2D eigenvalue weighted by Crippen LogP contribution is -2.51. The van der Waals surface area contributed by atoms with E-state index in [4.69, 9.17) is 0 Å². The molecule has 2 unspecified atom stereocenters. The van der Waals surface area contributed by atoms with E-state index in [1.54, 1.807) is 12.1 Å². The Labute approximate surface area is 115 Å². The molecule has 0 spiro atoms. The maximum Gasteiger partial charge on any atom is 0.123 e. The molecule has 0 aromatic heterocycles. The lowest BCUT2D eigenvalue weighted by Gasteiger charge is -2.41.